The van der Waals surface area contributed by atoms with Crippen LogP contribution in [0.3, 0.4) is 0 Å². The van der Waals surface area contributed by atoms with Crippen LogP contribution in [0.2, 0.25) is 0 Å². The van der Waals surface area contributed by atoms with E-state index in [-0.39, 0.29) is 0 Å². The van der Waals surface area contributed by atoms with E-state index in [1.807, 2.05) is 30.3 Å². The highest BCUT2D eigenvalue weighted by molar-refractivity contribution is 6.20. The summed E-state index contributed by atoms with van der Waals surface area (Å²) in [6.45, 7) is 0. The molecule has 0 atom stereocenters. The summed E-state index contributed by atoms with van der Waals surface area (Å²) in [4.78, 5) is 5.06. The highest BCUT2D eigenvalue weighted by atomic mass is 16.3. The van der Waals surface area contributed by atoms with Crippen molar-refractivity contribution in [1.82, 2.24) is 14.0 Å². The highest BCUT2D eigenvalue weighted by Gasteiger charge is 2.19. The lowest BCUT2D eigenvalue weighted by atomic mass is 10.0. The van der Waals surface area contributed by atoms with E-state index in [2.05, 4.69) is 130 Å². The van der Waals surface area contributed by atoms with Crippen molar-refractivity contribution >= 4 is 38.4 Å². The summed E-state index contributed by atoms with van der Waals surface area (Å²) < 4.78 is 11.1. The number of furan rings is 1. The number of fused-ring (bicyclic) bond motifs is 6. The average molecular weight is 552 g/mol. The van der Waals surface area contributed by atoms with Crippen molar-refractivity contribution in [3.05, 3.63) is 152 Å². The third-order valence-corrected chi connectivity index (χ3v) is 8.35. The number of benzene rings is 5. The van der Waals surface area contributed by atoms with Crippen molar-refractivity contribution in [3.63, 3.8) is 0 Å². The van der Waals surface area contributed by atoms with Crippen molar-refractivity contribution in [2.75, 3.05) is 0 Å². The molecule has 43 heavy (non-hydrogen) atoms. The normalized spacial score (nSPS) is 11.7. The molecule has 0 aliphatic carbocycles. The zero-order valence-corrected chi connectivity index (χ0v) is 23.2. The molecule has 202 valence electrons. The van der Waals surface area contributed by atoms with Crippen LogP contribution in [0, 0.1) is 0 Å². The summed E-state index contributed by atoms with van der Waals surface area (Å²) in [7, 11) is 0. The monoisotopic (exact) mass is 551 g/mol. The molecular formula is C39H25N3O. The number of rotatable bonds is 4. The van der Waals surface area contributed by atoms with Gasteiger partial charge in [-0.2, -0.15) is 0 Å². The SMILES string of the molecule is c1ccc(-c2cc3ccc4c(c5ccccc5n4-c4ccc(-c5nc6ccccn6c5-c5ccccc5)cc4)c3o2)cc1. The van der Waals surface area contributed by atoms with Crippen molar-refractivity contribution in [3.8, 4) is 39.5 Å². The highest BCUT2D eigenvalue weighted by Crippen LogP contribution is 2.40. The van der Waals surface area contributed by atoms with Crippen LogP contribution < -0.4 is 0 Å². The van der Waals surface area contributed by atoms with E-state index in [0.29, 0.717) is 0 Å². The number of hydrogen-bond acceptors (Lipinski definition) is 2. The van der Waals surface area contributed by atoms with Crippen LogP contribution in [0.15, 0.2) is 156 Å². The smallest absolute Gasteiger partial charge is 0.144 e. The van der Waals surface area contributed by atoms with E-state index in [0.717, 1.165) is 72.6 Å². The molecule has 0 bridgehead atoms. The van der Waals surface area contributed by atoms with Crippen LogP contribution in [-0.4, -0.2) is 14.0 Å². The Morgan fingerprint density at radius 2 is 1.28 bits per heavy atom. The van der Waals surface area contributed by atoms with Crippen molar-refractivity contribution in [2.45, 2.75) is 0 Å². The second-order valence-corrected chi connectivity index (χ2v) is 10.9. The zero-order chi connectivity index (χ0) is 28.3. The van der Waals surface area contributed by atoms with E-state index < -0.39 is 0 Å². The standard InChI is InChI=1S/C39H25N3O/c1-3-11-26(12-4-1)34-25-29-20-23-33-36(39(29)43-34)31-15-7-8-16-32(31)42(33)30-21-18-27(19-22-30)37-38(28-13-5-2-6-14-28)41-24-10-9-17-35(41)40-37/h1-25H. The Labute approximate surface area is 247 Å². The van der Waals surface area contributed by atoms with Crippen LogP contribution in [0.25, 0.3) is 77.9 Å². The van der Waals surface area contributed by atoms with E-state index in [1.54, 1.807) is 0 Å². The molecule has 4 nitrogen and oxygen atoms in total. The third-order valence-electron chi connectivity index (χ3n) is 8.35. The van der Waals surface area contributed by atoms with Crippen LogP contribution in [0.1, 0.15) is 0 Å². The van der Waals surface area contributed by atoms with Gasteiger partial charge in [-0.3, -0.25) is 4.40 Å². The molecule has 9 rings (SSSR count). The van der Waals surface area contributed by atoms with Gasteiger partial charge in [0.05, 0.1) is 27.8 Å². The predicted molar refractivity (Wildman–Crippen MR) is 176 cm³/mol. The zero-order valence-electron chi connectivity index (χ0n) is 23.2. The molecule has 0 N–H and O–H groups in total. The fraction of sp³-hybridized carbons (Fsp3) is 0. The number of pyridine rings is 1. The molecule has 0 saturated carbocycles. The van der Waals surface area contributed by atoms with Gasteiger partial charge < -0.3 is 8.98 Å². The second-order valence-electron chi connectivity index (χ2n) is 10.9. The maximum absolute atomic E-state index is 6.56. The van der Waals surface area contributed by atoms with E-state index in [4.69, 9.17) is 9.40 Å². The molecule has 5 aromatic carbocycles. The quantitative estimate of drug-likeness (QED) is 0.218. The molecule has 0 spiro atoms. The van der Waals surface area contributed by atoms with Crippen LogP contribution in [0.4, 0.5) is 0 Å². The lowest BCUT2D eigenvalue weighted by molar-refractivity contribution is 0.635. The van der Waals surface area contributed by atoms with Crippen molar-refractivity contribution in [1.29, 1.82) is 0 Å². The Morgan fingerprint density at radius 3 is 2.09 bits per heavy atom. The van der Waals surface area contributed by atoms with Crippen molar-refractivity contribution in [2.24, 2.45) is 0 Å². The maximum atomic E-state index is 6.56. The molecule has 0 unspecified atom stereocenters. The molecule has 0 amide bonds. The Kier molecular flexibility index (Phi) is 5.16. The van der Waals surface area contributed by atoms with Gasteiger partial charge in [0.1, 0.15) is 17.0 Å². The van der Waals surface area contributed by atoms with Gasteiger partial charge >= 0.3 is 0 Å². The topological polar surface area (TPSA) is 35.4 Å². The Hall–Kier alpha value is -5.87. The molecular weight excluding hydrogens is 526 g/mol. The first-order valence-corrected chi connectivity index (χ1v) is 14.5. The first-order chi connectivity index (χ1) is 21.3. The third kappa shape index (κ3) is 3.67. The summed E-state index contributed by atoms with van der Waals surface area (Å²) in [6.07, 6.45) is 2.08. The Morgan fingerprint density at radius 1 is 0.558 bits per heavy atom. The molecule has 4 heterocycles. The molecule has 0 saturated heterocycles. The van der Waals surface area contributed by atoms with Gasteiger partial charge in [0.25, 0.3) is 0 Å². The number of imidazole rings is 1. The van der Waals surface area contributed by atoms with E-state index in [1.165, 1.54) is 5.39 Å². The summed E-state index contributed by atoms with van der Waals surface area (Å²) in [5.74, 6) is 0.881. The van der Waals surface area contributed by atoms with Gasteiger partial charge in [-0.25, -0.2) is 4.98 Å². The molecule has 0 aliphatic heterocycles. The first kappa shape index (κ1) is 23.8. The van der Waals surface area contributed by atoms with E-state index in [9.17, 15) is 0 Å². The summed E-state index contributed by atoms with van der Waals surface area (Å²) >= 11 is 0. The van der Waals surface area contributed by atoms with Crippen molar-refractivity contribution < 1.29 is 4.42 Å². The summed E-state index contributed by atoms with van der Waals surface area (Å²) in [5, 5.41) is 3.41. The molecule has 4 aromatic heterocycles. The van der Waals surface area contributed by atoms with Gasteiger partial charge in [-0.05, 0) is 48.5 Å². The lowest BCUT2D eigenvalue weighted by Crippen LogP contribution is -1.94. The van der Waals surface area contributed by atoms with Gasteiger partial charge in [-0.1, -0.05) is 97.1 Å². The molecule has 9 aromatic rings. The summed E-state index contributed by atoms with van der Waals surface area (Å²) in [6, 6.07) is 50.8. The molecule has 0 fully saturated rings. The van der Waals surface area contributed by atoms with E-state index >= 15 is 0 Å². The summed E-state index contributed by atoms with van der Waals surface area (Å²) in [5.41, 5.74) is 10.6. The Balaban J connectivity index is 1.22. The van der Waals surface area contributed by atoms with Gasteiger partial charge in [-0.15, -0.1) is 0 Å². The minimum absolute atomic E-state index is 0.881. The Bertz CT molecular complexity index is 2430. The minimum atomic E-state index is 0.881. The predicted octanol–water partition coefficient (Wildman–Crippen LogP) is 10.2. The largest absolute Gasteiger partial charge is 0.455 e. The van der Waals surface area contributed by atoms with Crippen LogP contribution in [0.5, 0.6) is 0 Å². The number of nitrogens with zero attached hydrogens (tertiary/aromatic N) is 3. The maximum Gasteiger partial charge on any atom is 0.144 e. The first-order valence-electron chi connectivity index (χ1n) is 14.5. The van der Waals surface area contributed by atoms with Gasteiger partial charge in [0, 0.05) is 39.3 Å². The van der Waals surface area contributed by atoms with Crippen LogP contribution in [-0.2, 0) is 0 Å². The van der Waals surface area contributed by atoms with Gasteiger partial charge in [0.15, 0.2) is 0 Å². The molecule has 0 radical (unpaired) electrons. The van der Waals surface area contributed by atoms with Gasteiger partial charge in [0.2, 0.25) is 0 Å². The fourth-order valence-corrected chi connectivity index (χ4v) is 6.41. The molecule has 4 heteroatoms. The molecule has 0 aliphatic rings. The lowest BCUT2D eigenvalue weighted by Gasteiger charge is -2.10. The number of hydrogen-bond donors (Lipinski definition) is 0. The minimum Gasteiger partial charge on any atom is -0.455 e. The number of para-hydroxylation sites is 1. The fourth-order valence-electron chi connectivity index (χ4n) is 6.41. The number of aromatic nitrogens is 3. The van der Waals surface area contributed by atoms with Crippen LogP contribution >= 0.6 is 0 Å². The second kappa shape index (κ2) is 9.33. The average Bonchev–Trinajstić information content (AvgIpc) is 3.77.